The summed E-state index contributed by atoms with van der Waals surface area (Å²) in [6.07, 6.45) is 4.91. The number of ether oxygens (including phenoxy) is 1. The number of nitrogens with zero attached hydrogens (tertiary/aromatic N) is 3. The van der Waals surface area contributed by atoms with Crippen LogP contribution in [-0.2, 0) is 22.4 Å². The summed E-state index contributed by atoms with van der Waals surface area (Å²) in [5.74, 6) is 0.165. The van der Waals surface area contributed by atoms with Gasteiger partial charge in [0.25, 0.3) is 0 Å². The number of thioether (sulfide) groups is 1. The smallest absolute Gasteiger partial charge is 0.410 e. The lowest BCUT2D eigenvalue weighted by atomic mass is 10.1. The first-order valence-corrected chi connectivity index (χ1v) is 10.9. The number of hydrogen-bond acceptors (Lipinski definition) is 7. The van der Waals surface area contributed by atoms with Gasteiger partial charge in [0.05, 0.1) is 5.25 Å². The summed E-state index contributed by atoms with van der Waals surface area (Å²) >= 11 is 3.21. The van der Waals surface area contributed by atoms with Gasteiger partial charge in [-0.05, 0) is 45.6 Å². The minimum atomic E-state index is -0.544. The van der Waals surface area contributed by atoms with Crippen LogP contribution in [0.15, 0.2) is 11.4 Å². The molecule has 8 heteroatoms. The van der Waals surface area contributed by atoms with Gasteiger partial charge in [-0.15, -0.1) is 11.3 Å². The number of carbonyl (C=O) groups is 2. The van der Waals surface area contributed by atoms with Crippen LogP contribution < -0.4 is 0 Å². The fourth-order valence-electron chi connectivity index (χ4n) is 3.52. The predicted molar refractivity (Wildman–Crippen MR) is 107 cm³/mol. The molecule has 1 saturated heterocycles. The van der Waals surface area contributed by atoms with E-state index in [0.717, 1.165) is 28.1 Å². The molecule has 0 aromatic carbocycles. The third-order valence-electron chi connectivity index (χ3n) is 4.75. The first kappa shape index (κ1) is 18.7. The van der Waals surface area contributed by atoms with E-state index in [2.05, 4.69) is 9.97 Å². The molecular formula is C19H23N3O3S2. The van der Waals surface area contributed by atoms with Crippen LogP contribution in [0.1, 0.15) is 44.1 Å². The Morgan fingerprint density at radius 3 is 2.89 bits per heavy atom. The number of likely N-dealkylation sites (tertiary alicyclic amines) is 1. The molecule has 1 aliphatic carbocycles. The molecule has 2 aliphatic rings. The molecule has 1 aliphatic heterocycles. The number of carbonyl (C=O) groups excluding carboxylic acids is 2. The molecule has 0 bridgehead atoms. The zero-order valence-corrected chi connectivity index (χ0v) is 17.4. The first-order chi connectivity index (χ1) is 12.8. The monoisotopic (exact) mass is 405 g/mol. The average molecular weight is 406 g/mol. The molecule has 6 nitrogen and oxygen atoms in total. The Hall–Kier alpha value is -1.67. The van der Waals surface area contributed by atoms with Crippen molar-refractivity contribution in [2.24, 2.45) is 0 Å². The van der Waals surface area contributed by atoms with Crippen molar-refractivity contribution >= 4 is 45.2 Å². The molecule has 0 radical (unpaired) electrons. The Morgan fingerprint density at radius 1 is 1.30 bits per heavy atom. The SMILES string of the molecule is CC(C)(C)OC(=O)N1CCC(=O)[C@H](Sc2ncnc3sc4c(c23)CCC4)C1. The van der Waals surface area contributed by atoms with Gasteiger partial charge in [0, 0.05) is 29.8 Å². The summed E-state index contributed by atoms with van der Waals surface area (Å²) in [6, 6.07) is 0. The molecule has 1 amide bonds. The lowest BCUT2D eigenvalue weighted by molar-refractivity contribution is -0.120. The van der Waals surface area contributed by atoms with Crippen LogP contribution in [0.25, 0.3) is 10.2 Å². The molecule has 27 heavy (non-hydrogen) atoms. The van der Waals surface area contributed by atoms with Crippen LogP contribution in [0.5, 0.6) is 0 Å². The van der Waals surface area contributed by atoms with Gasteiger partial charge in [-0.3, -0.25) is 4.79 Å². The molecule has 3 heterocycles. The van der Waals surface area contributed by atoms with Crippen LogP contribution >= 0.6 is 23.1 Å². The number of fused-ring (bicyclic) bond motifs is 3. The van der Waals surface area contributed by atoms with E-state index in [1.54, 1.807) is 22.6 Å². The topological polar surface area (TPSA) is 72.4 Å². The number of hydrogen-bond donors (Lipinski definition) is 0. The van der Waals surface area contributed by atoms with E-state index in [0.29, 0.717) is 19.5 Å². The zero-order chi connectivity index (χ0) is 19.2. The second-order valence-corrected chi connectivity index (χ2v) is 10.2. The molecule has 0 saturated carbocycles. The van der Waals surface area contributed by atoms with Crippen LogP contribution in [0.3, 0.4) is 0 Å². The van der Waals surface area contributed by atoms with Crippen LogP contribution in [-0.4, -0.2) is 50.7 Å². The van der Waals surface area contributed by atoms with Crippen molar-refractivity contribution in [1.82, 2.24) is 14.9 Å². The van der Waals surface area contributed by atoms with Gasteiger partial charge in [0.15, 0.2) is 0 Å². The number of aryl methyl sites for hydroxylation is 2. The lowest BCUT2D eigenvalue weighted by Crippen LogP contribution is -2.47. The van der Waals surface area contributed by atoms with Crippen LogP contribution in [0, 0.1) is 0 Å². The zero-order valence-electron chi connectivity index (χ0n) is 15.8. The van der Waals surface area contributed by atoms with E-state index >= 15 is 0 Å². The maximum Gasteiger partial charge on any atom is 0.410 e. The fraction of sp³-hybridized carbons (Fsp3) is 0.579. The summed E-state index contributed by atoms with van der Waals surface area (Å²) in [5.41, 5.74) is 0.808. The highest BCUT2D eigenvalue weighted by Gasteiger charge is 2.34. The Labute approximate surface area is 166 Å². The largest absolute Gasteiger partial charge is 0.444 e. The third-order valence-corrected chi connectivity index (χ3v) is 7.17. The number of ketones is 1. The molecule has 2 aromatic heterocycles. The maximum absolute atomic E-state index is 12.5. The molecular weight excluding hydrogens is 382 g/mol. The molecule has 2 aromatic rings. The van der Waals surface area contributed by atoms with E-state index in [-0.39, 0.29) is 17.1 Å². The van der Waals surface area contributed by atoms with E-state index in [1.165, 1.54) is 28.6 Å². The fourth-order valence-corrected chi connectivity index (χ4v) is 6.03. The van der Waals surface area contributed by atoms with Crippen LogP contribution in [0.4, 0.5) is 4.79 Å². The van der Waals surface area contributed by atoms with Crippen molar-refractivity contribution in [3.8, 4) is 0 Å². The Morgan fingerprint density at radius 2 is 2.11 bits per heavy atom. The van der Waals surface area contributed by atoms with Crippen molar-refractivity contribution in [3.63, 3.8) is 0 Å². The summed E-state index contributed by atoms with van der Waals surface area (Å²) in [4.78, 5) is 37.9. The van der Waals surface area contributed by atoms with Gasteiger partial charge in [0.1, 0.15) is 27.6 Å². The highest BCUT2D eigenvalue weighted by Crippen LogP contribution is 2.41. The van der Waals surface area contributed by atoms with Crippen molar-refractivity contribution in [3.05, 3.63) is 16.8 Å². The Balaban J connectivity index is 1.56. The molecule has 0 unspecified atom stereocenters. The van der Waals surface area contributed by atoms with Crippen molar-refractivity contribution in [2.45, 2.75) is 62.3 Å². The molecule has 0 N–H and O–H groups in total. The quantitative estimate of drug-likeness (QED) is 0.707. The van der Waals surface area contributed by atoms with Crippen LogP contribution in [0.2, 0.25) is 0 Å². The maximum atomic E-state index is 12.5. The highest BCUT2D eigenvalue weighted by atomic mass is 32.2. The normalized spacial score (nSPS) is 20.2. The van der Waals surface area contributed by atoms with E-state index < -0.39 is 5.60 Å². The predicted octanol–water partition coefficient (Wildman–Crippen LogP) is 3.85. The summed E-state index contributed by atoms with van der Waals surface area (Å²) in [5, 5.41) is 1.66. The van der Waals surface area contributed by atoms with Gasteiger partial charge in [-0.25, -0.2) is 14.8 Å². The van der Waals surface area contributed by atoms with Crippen molar-refractivity contribution in [1.29, 1.82) is 0 Å². The van der Waals surface area contributed by atoms with E-state index in [4.69, 9.17) is 4.74 Å². The van der Waals surface area contributed by atoms with Crippen molar-refractivity contribution in [2.75, 3.05) is 13.1 Å². The molecule has 1 fully saturated rings. The van der Waals surface area contributed by atoms with Crippen molar-refractivity contribution < 1.29 is 14.3 Å². The van der Waals surface area contributed by atoms with Gasteiger partial charge in [0.2, 0.25) is 0 Å². The number of aromatic nitrogens is 2. The second kappa shape index (κ2) is 7.05. The molecule has 0 spiro atoms. The summed E-state index contributed by atoms with van der Waals surface area (Å²) < 4.78 is 5.47. The Bertz CT molecular complexity index is 903. The lowest BCUT2D eigenvalue weighted by Gasteiger charge is -2.33. The number of thiophene rings is 1. The Kier molecular flexibility index (Phi) is 4.88. The summed E-state index contributed by atoms with van der Waals surface area (Å²) in [6.45, 7) is 6.32. The van der Waals surface area contributed by atoms with Gasteiger partial charge in [-0.2, -0.15) is 0 Å². The van der Waals surface area contributed by atoms with Gasteiger partial charge >= 0.3 is 6.09 Å². The van der Waals surface area contributed by atoms with Gasteiger partial charge < -0.3 is 9.64 Å². The van der Waals surface area contributed by atoms with Gasteiger partial charge in [-0.1, -0.05) is 11.8 Å². The average Bonchev–Trinajstić information content (AvgIpc) is 3.16. The molecule has 144 valence electrons. The second-order valence-electron chi connectivity index (χ2n) is 7.97. The highest BCUT2D eigenvalue weighted by molar-refractivity contribution is 8.00. The number of rotatable bonds is 2. The van der Waals surface area contributed by atoms with E-state index in [1.807, 2.05) is 20.8 Å². The van der Waals surface area contributed by atoms with E-state index in [9.17, 15) is 9.59 Å². The molecule has 4 rings (SSSR count). The number of amides is 1. The molecule has 1 atom stereocenters. The minimum Gasteiger partial charge on any atom is -0.444 e. The number of piperidine rings is 1. The summed E-state index contributed by atoms with van der Waals surface area (Å²) in [7, 11) is 0. The minimum absolute atomic E-state index is 0.165. The first-order valence-electron chi connectivity index (χ1n) is 9.24. The third kappa shape index (κ3) is 3.82. The number of Topliss-reactive ketones (excluding diaryl/α,β-unsaturated/α-hetero) is 1. The standard InChI is InChI=1S/C19H23N3O3S2/c1-19(2,3)25-18(24)22-8-7-12(23)14(9-22)27-17-15-11-5-4-6-13(11)26-16(15)20-10-21-17/h10,14H,4-9H2,1-3H3/t14-/m1/s1.